The molecule has 1 aromatic heterocycles. The maximum Gasteiger partial charge on any atom is 0.432 e. The third-order valence-electron chi connectivity index (χ3n) is 1.89. The van der Waals surface area contributed by atoms with Gasteiger partial charge in [-0.05, 0) is 11.4 Å². The van der Waals surface area contributed by atoms with Crippen molar-refractivity contribution in [3.05, 3.63) is 22.4 Å². The summed E-state index contributed by atoms with van der Waals surface area (Å²) in [5.41, 5.74) is 0. The minimum Gasteiger partial charge on any atom is -0.441 e. The summed E-state index contributed by atoms with van der Waals surface area (Å²) in [4.78, 5) is 10.8. The molecule has 1 unspecified atom stereocenters. The van der Waals surface area contributed by atoms with Crippen LogP contribution >= 0.6 is 11.3 Å². The molecular weight excluding hydrogens is 335 g/mol. The second-order valence-corrected chi connectivity index (χ2v) is 5.78. The van der Waals surface area contributed by atoms with Gasteiger partial charge >= 0.3 is 27.5 Å². The maximum atomic E-state index is 13.1. The van der Waals surface area contributed by atoms with Crippen LogP contribution in [0.4, 0.5) is 22.0 Å². The van der Waals surface area contributed by atoms with Crippen LogP contribution in [-0.4, -0.2) is 36.5 Å². The molecule has 1 heterocycles. The van der Waals surface area contributed by atoms with Crippen molar-refractivity contribution in [2.75, 3.05) is 0 Å². The van der Waals surface area contributed by atoms with Gasteiger partial charge in [0.05, 0.1) is 0 Å². The molecule has 0 aromatic carbocycles. The number of carbonyl (C=O) groups is 1. The Balaban J connectivity index is 3.13. The van der Waals surface area contributed by atoms with Crippen molar-refractivity contribution < 1.29 is 44.5 Å². The molecule has 0 aliphatic rings. The lowest BCUT2D eigenvalue weighted by atomic mass is 10.3. The molecule has 1 rings (SSSR count). The van der Waals surface area contributed by atoms with Crippen LogP contribution in [0.25, 0.3) is 0 Å². The van der Waals surface area contributed by atoms with E-state index in [0.29, 0.717) is 11.3 Å². The van der Waals surface area contributed by atoms with Crippen molar-refractivity contribution in [1.29, 1.82) is 0 Å². The first-order valence-electron chi connectivity index (χ1n) is 4.53. The second kappa shape index (κ2) is 5.26. The SMILES string of the molecule is O=C(OC(C(F)(F)F)C(F)(F)S(=O)(=O)O)c1cccs1. The van der Waals surface area contributed by atoms with Gasteiger partial charge in [0.1, 0.15) is 4.88 Å². The molecule has 1 atom stereocenters. The lowest BCUT2D eigenvalue weighted by Gasteiger charge is -2.25. The first-order chi connectivity index (χ1) is 8.87. The van der Waals surface area contributed by atoms with Gasteiger partial charge in [-0.3, -0.25) is 4.55 Å². The molecule has 20 heavy (non-hydrogen) atoms. The molecule has 0 spiro atoms. The molecule has 0 aliphatic heterocycles. The van der Waals surface area contributed by atoms with E-state index >= 15 is 0 Å². The average molecular weight is 340 g/mol. The van der Waals surface area contributed by atoms with E-state index < -0.39 is 38.5 Å². The van der Waals surface area contributed by atoms with Crippen molar-refractivity contribution in [3.8, 4) is 0 Å². The summed E-state index contributed by atoms with van der Waals surface area (Å²) in [6, 6.07) is 2.23. The fraction of sp³-hybridized carbons (Fsp3) is 0.375. The molecule has 0 bridgehead atoms. The van der Waals surface area contributed by atoms with Crippen LogP contribution in [0, 0.1) is 0 Å². The number of hydrogen-bond donors (Lipinski definition) is 1. The highest BCUT2D eigenvalue weighted by atomic mass is 32.2. The van der Waals surface area contributed by atoms with Crippen molar-refractivity contribution in [2.24, 2.45) is 0 Å². The van der Waals surface area contributed by atoms with E-state index in [0.717, 1.165) is 6.07 Å². The first kappa shape index (κ1) is 16.8. The van der Waals surface area contributed by atoms with Gasteiger partial charge in [0, 0.05) is 0 Å². The standard InChI is InChI=1S/C8H5F5O5S2/c9-7(10,11)6(8(12,13)20(15,16)17)18-5(14)4-2-1-3-19-4/h1-3,6H,(H,15,16,17). The molecule has 5 nitrogen and oxygen atoms in total. The van der Waals surface area contributed by atoms with E-state index in [1.54, 1.807) is 0 Å². The van der Waals surface area contributed by atoms with Gasteiger partial charge < -0.3 is 4.74 Å². The zero-order chi connectivity index (χ0) is 15.8. The summed E-state index contributed by atoms with van der Waals surface area (Å²) in [5, 5.41) is -4.46. The molecule has 12 heteroatoms. The number of esters is 1. The number of rotatable bonds is 4. The minimum absolute atomic E-state index is 0.439. The summed E-state index contributed by atoms with van der Waals surface area (Å²) in [5.74, 6) is -1.79. The van der Waals surface area contributed by atoms with E-state index in [9.17, 15) is 35.2 Å². The Labute approximate surface area is 112 Å². The van der Waals surface area contributed by atoms with Crippen molar-refractivity contribution in [1.82, 2.24) is 0 Å². The minimum atomic E-state index is -6.43. The van der Waals surface area contributed by atoms with Gasteiger partial charge in [0.15, 0.2) is 0 Å². The third kappa shape index (κ3) is 3.43. The Morgan fingerprint density at radius 3 is 2.20 bits per heavy atom. The van der Waals surface area contributed by atoms with Crippen LogP contribution in [0.2, 0.25) is 0 Å². The van der Waals surface area contributed by atoms with Crippen LogP contribution in [0.15, 0.2) is 17.5 Å². The number of ether oxygens (including phenoxy) is 1. The molecule has 1 aromatic rings. The van der Waals surface area contributed by atoms with E-state index in [4.69, 9.17) is 4.55 Å². The zero-order valence-corrected chi connectivity index (χ0v) is 10.7. The van der Waals surface area contributed by atoms with Gasteiger partial charge in [0.2, 0.25) is 0 Å². The van der Waals surface area contributed by atoms with Gasteiger partial charge in [-0.1, -0.05) is 6.07 Å². The highest BCUT2D eigenvalue weighted by molar-refractivity contribution is 7.86. The fourth-order valence-electron chi connectivity index (χ4n) is 1.02. The summed E-state index contributed by atoms with van der Waals surface area (Å²) < 4.78 is 95.7. The Kier molecular flexibility index (Phi) is 4.41. The predicted molar refractivity (Wildman–Crippen MR) is 56.1 cm³/mol. The number of thiophene rings is 1. The van der Waals surface area contributed by atoms with E-state index in [1.807, 2.05) is 0 Å². The average Bonchev–Trinajstić information content (AvgIpc) is 2.75. The summed E-state index contributed by atoms with van der Waals surface area (Å²) >= 11 is 0.603. The number of halogens is 5. The number of alkyl halides is 5. The number of hydrogen-bond acceptors (Lipinski definition) is 5. The van der Waals surface area contributed by atoms with Gasteiger partial charge in [0.25, 0.3) is 6.10 Å². The first-order valence-corrected chi connectivity index (χ1v) is 6.85. The normalized spacial score (nSPS) is 14.9. The third-order valence-corrected chi connectivity index (χ3v) is 3.65. The highest BCUT2D eigenvalue weighted by Gasteiger charge is 2.66. The second-order valence-electron chi connectivity index (χ2n) is 3.34. The zero-order valence-electron chi connectivity index (χ0n) is 9.10. The smallest absolute Gasteiger partial charge is 0.432 e. The van der Waals surface area contributed by atoms with Gasteiger partial charge in [-0.2, -0.15) is 30.4 Å². The van der Waals surface area contributed by atoms with Gasteiger partial charge in [-0.15, -0.1) is 11.3 Å². The lowest BCUT2D eigenvalue weighted by Crippen LogP contribution is -2.52. The molecule has 0 saturated carbocycles. The lowest BCUT2D eigenvalue weighted by molar-refractivity contribution is -0.247. The Morgan fingerprint density at radius 2 is 1.85 bits per heavy atom. The van der Waals surface area contributed by atoms with Crippen molar-refractivity contribution in [3.63, 3.8) is 0 Å². The van der Waals surface area contributed by atoms with Gasteiger partial charge in [-0.25, -0.2) is 4.79 Å². The molecule has 0 aliphatic carbocycles. The van der Waals surface area contributed by atoms with E-state index in [-0.39, 0.29) is 0 Å². The van der Waals surface area contributed by atoms with E-state index in [2.05, 4.69) is 4.74 Å². The van der Waals surface area contributed by atoms with E-state index in [1.165, 1.54) is 11.4 Å². The molecule has 0 saturated heterocycles. The summed E-state index contributed by atoms with van der Waals surface area (Å²) in [7, 11) is -6.43. The summed E-state index contributed by atoms with van der Waals surface area (Å²) in [6.45, 7) is 0. The van der Waals surface area contributed by atoms with Crippen molar-refractivity contribution in [2.45, 2.75) is 17.5 Å². The Bertz CT molecular complexity index is 577. The molecular formula is C8H5F5O5S2. The van der Waals surface area contributed by atoms with Crippen LogP contribution in [-0.2, 0) is 14.9 Å². The van der Waals surface area contributed by atoms with Crippen molar-refractivity contribution >= 4 is 27.4 Å². The molecule has 0 radical (unpaired) electrons. The Hall–Kier alpha value is -1.27. The predicted octanol–water partition coefficient (Wildman–Crippen LogP) is 2.32. The highest BCUT2D eigenvalue weighted by Crippen LogP contribution is 2.38. The maximum absolute atomic E-state index is 13.1. The molecule has 114 valence electrons. The van der Waals surface area contributed by atoms with Crippen LogP contribution in [0.3, 0.4) is 0 Å². The molecule has 1 N–H and O–H groups in total. The molecule has 0 fully saturated rings. The topological polar surface area (TPSA) is 80.7 Å². The molecule has 0 amide bonds. The van der Waals surface area contributed by atoms with Crippen LogP contribution < -0.4 is 0 Å². The van der Waals surface area contributed by atoms with Crippen LogP contribution in [0.1, 0.15) is 9.67 Å². The fourth-order valence-corrected chi connectivity index (χ4v) is 2.08. The quantitative estimate of drug-likeness (QED) is 0.517. The monoisotopic (exact) mass is 340 g/mol. The largest absolute Gasteiger partial charge is 0.441 e. The Morgan fingerprint density at radius 1 is 1.30 bits per heavy atom. The van der Waals surface area contributed by atoms with Crippen LogP contribution in [0.5, 0.6) is 0 Å². The summed E-state index contributed by atoms with van der Waals surface area (Å²) in [6.07, 6.45) is -10.2. The number of carbonyl (C=O) groups excluding carboxylic acids is 1.